The molecule has 1 fully saturated rings. The van der Waals surface area contributed by atoms with Crippen molar-refractivity contribution in [3.63, 3.8) is 0 Å². The zero-order valence-electron chi connectivity index (χ0n) is 9.87. The monoisotopic (exact) mass is 263 g/mol. The molecule has 1 unspecified atom stereocenters. The molecule has 1 aliphatic rings. The number of carbonyl (C=O) groups excluding carboxylic acids is 1. The van der Waals surface area contributed by atoms with E-state index in [9.17, 15) is 4.79 Å². The van der Waals surface area contributed by atoms with E-state index in [1.807, 2.05) is 6.07 Å². The predicted molar refractivity (Wildman–Crippen MR) is 70.4 cm³/mol. The van der Waals surface area contributed by atoms with Crippen LogP contribution < -0.4 is 10.6 Å². The summed E-state index contributed by atoms with van der Waals surface area (Å²) in [5, 5.41) is 15.2. The zero-order chi connectivity index (χ0) is 13.0. The lowest BCUT2D eigenvalue weighted by Gasteiger charge is -2.22. The normalized spacial score (nSPS) is 19.0. The number of nitrogens with zero attached hydrogens (tertiary/aromatic N) is 1. The summed E-state index contributed by atoms with van der Waals surface area (Å²) in [6.07, 6.45) is 3.03. The van der Waals surface area contributed by atoms with Crippen LogP contribution in [0, 0.1) is 11.3 Å². The average molecular weight is 264 g/mol. The van der Waals surface area contributed by atoms with Crippen LogP contribution in [0.2, 0.25) is 5.02 Å². The first-order chi connectivity index (χ1) is 8.70. The first-order valence-electron chi connectivity index (χ1n) is 5.94. The highest BCUT2D eigenvalue weighted by atomic mass is 35.5. The molecular weight excluding hydrogens is 250 g/mol. The third kappa shape index (κ3) is 3.00. The second-order valence-electron chi connectivity index (χ2n) is 4.30. The van der Waals surface area contributed by atoms with Crippen molar-refractivity contribution in [2.75, 3.05) is 11.9 Å². The van der Waals surface area contributed by atoms with E-state index in [1.165, 1.54) is 0 Å². The number of carbonyl (C=O) groups is 1. The minimum Gasteiger partial charge on any atom is -0.325 e. The maximum Gasteiger partial charge on any atom is 0.241 e. The van der Waals surface area contributed by atoms with Crippen LogP contribution >= 0.6 is 11.6 Å². The molecule has 18 heavy (non-hydrogen) atoms. The van der Waals surface area contributed by atoms with E-state index in [1.54, 1.807) is 18.2 Å². The molecule has 1 atom stereocenters. The van der Waals surface area contributed by atoms with Gasteiger partial charge < -0.3 is 10.6 Å². The third-order valence-electron chi connectivity index (χ3n) is 2.98. The lowest BCUT2D eigenvalue weighted by Crippen LogP contribution is -2.43. The molecular formula is C13H14ClN3O. The molecule has 2 N–H and O–H groups in total. The van der Waals surface area contributed by atoms with Crippen LogP contribution in [0.15, 0.2) is 18.2 Å². The number of nitrogens with one attached hydrogen (secondary N) is 2. The van der Waals surface area contributed by atoms with Gasteiger partial charge in [-0.25, -0.2) is 0 Å². The first kappa shape index (κ1) is 12.9. The van der Waals surface area contributed by atoms with Crippen molar-refractivity contribution in [1.29, 1.82) is 5.26 Å². The van der Waals surface area contributed by atoms with Gasteiger partial charge >= 0.3 is 0 Å². The van der Waals surface area contributed by atoms with E-state index < -0.39 is 0 Å². The average Bonchev–Trinajstić information content (AvgIpc) is 2.42. The second-order valence-corrected chi connectivity index (χ2v) is 4.71. The Labute approximate surface area is 111 Å². The lowest BCUT2D eigenvalue weighted by atomic mass is 10.0. The van der Waals surface area contributed by atoms with Crippen LogP contribution in [0.1, 0.15) is 24.8 Å². The molecule has 1 aromatic carbocycles. The van der Waals surface area contributed by atoms with Gasteiger partial charge in [0.05, 0.1) is 16.6 Å². The maximum absolute atomic E-state index is 12.0. The molecule has 1 aliphatic heterocycles. The second kappa shape index (κ2) is 5.85. The molecule has 2 rings (SSSR count). The number of rotatable bonds is 2. The number of halogens is 1. The van der Waals surface area contributed by atoms with Gasteiger partial charge in [0.25, 0.3) is 0 Å². The molecule has 1 saturated heterocycles. The number of hydrogen-bond donors (Lipinski definition) is 2. The molecule has 0 radical (unpaired) electrons. The van der Waals surface area contributed by atoms with Crippen molar-refractivity contribution in [2.45, 2.75) is 25.3 Å². The quantitative estimate of drug-likeness (QED) is 0.860. The Kier molecular flexibility index (Phi) is 4.19. The number of anilines is 1. The van der Waals surface area contributed by atoms with E-state index in [4.69, 9.17) is 16.9 Å². The van der Waals surface area contributed by atoms with Crippen LogP contribution in [0.25, 0.3) is 0 Å². The van der Waals surface area contributed by atoms with Crippen LogP contribution in [-0.4, -0.2) is 18.5 Å². The van der Waals surface area contributed by atoms with E-state index >= 15 is 0 Å². The van der Waals surface area contributed by atoms with Gasteiger partial charge in [0.2, 0.25) is 5.91 Å². The van der Waals surface area contributed by atoms with E-state index in [2.05, 4.69) is 10.6 Å². The Morgan fingerprint density at radius 3 is 3.00 bits per heavy atom. The zero-order valence-corrected chi connectivity index (χ0v) is 10.6. The number of hydrogen-bond acceptors (Lipinski definition) is 3. The van der Waals surface area contributed by atoms with Gasteiger partial charge in [-0.15, -0.1) is 0 Å². The Hall–Kier alpha value is -1.57. The minimum atomic E-state index is -0.139. The van der Waals surface area contributed by atoms with Crippen molar-refractivity contribution in [2.24, 2.45) is 0 Å². The van der Waals surface area contributed by atoms with E-state index in [-0.39, 0.29) is 11.9 Å². The summed E-state index contributed by atoms with van der Waals surface area (Å²) < 4.78 is 0. The molecule has 0 aromatic heterocycles. The molecule has 0 bridgehead atoms. The van der Waals surface area contributed by atoms with Gasteiger partial charge in [-0.1, -0.05) is 18.0 Å². The minimum absolute atomic E-state index is 0.0547. The molecule has 94 valence electrons. The maximum atomic E-state index is 12.0. The predicted octanol–water partition coefficient (Wildman–Crippen LogP) is 2.29. The molecule has 1 heterocycles. The number of piperidine rings is 1. The first-order valence-corrected chi connectivity index (χ1v) is 6.32. The van der Waals surface area contributed by atoms with Crippen molar-refractivity contribution in [3.8, 4) is 6.07 Å². The van der Waals surface area contributed by atoms with Gasteiger partial charge in [-0.2, -0.15) is 5.26 Å². The van der Waals surface area contributed by atoms with E-state index in [0.29, 0.717) is 16.3 Å². The summed E-state index contributed by atoms with van der Waals surface area (Å²) in [4.78, 5) is 12.0. The van der Waals surface area contributed by atoms with Gasteiger partial charge in [-0.05, 0) is 37.6 Å². The molecule has 1 amide bonds. The Morgan fingerprint density at radius 2 is 2.33 bits per heavy atom. The molecule has 0 saturated carbocycles. The summed E-state index contributed by atoms with van der Waals surface area (Å²) in [6.45, 7) is 0.877. The van der Waals surface area contributed by atoms with Crippen molar-refractivity contribution in [1.82, 2.24) is 5.32 Å². The van der Waals surface area contributed by atoms with Crippen molar-refractivity contribution >= 4 is 23.2 Å². The number of nitriles is 1. The van der Waals surface area contributed by atoms with Gasteiger partial charge in [-0.3, -0.25) is 4.79 Å². The third-order valence-corrected chi connectivity index (χ3v) is 3.31. The fourth-order valence-corrected chi connectivity index (χ4v) is 2.15. The Balaban J connectivity index is 2.05. The van der Waals surface area contributed by atoms with Crippen LogP contribution in [0.3, 0.4) is 0 Å². The smallest absolute Gasteiger partial charge is 0.241 e. The Morgan fingerprint density at radius 1 is 1.50 bits per heavy atom. The van der Waals surface area contributed by atoms with Crippen LogP contribution in [-0.2, 0) is 4.79 Å². The molecule has 5 heteroatoms. The van der Waals surface area contributed by atoms with Crippen LogP contribution in [0.5, 0.6) is 0 Å². The summed E-state index contributed by atoms with van der Waals surface area (Å²) in [6, 6.07) is 6.75. The van der Waals surface area contributed by atoms with Gasteiger partial charge in [0.1, 0.15) is 6.07 Å². The molecule has 0 spiro atoms. The fraction of sp³-hybridized carbons (Fsp3) is 0.385. The summed E-state index contributed by atoms with van der Waals surface area (Å²) in [7, 11) is 0. The van der Waals surface area contributed by atoms with Crippen molar-refractivity contribution in [3.05, 3.63) is 28.8 Å². The molecule has 1 aromatic rings. The van der Waals surface area contributed by atoms with Gasteiger partial charge in [0.15, 0.2) is 0 Å². The topological polar surface area (TPSA) is 64.9 Å². The highest BCUT2D eigenvalue weighted by Crippen LogP contribution is 2.20. The SMILES string of the molecule is N#Cc1cc(NC(=O)C2CCCCN2)ccc1Cl. The van der Waals surface area contributed by atoms with E-state index in [0.717, 1.165) is 25.8 Å². The van der Waals surface area contributed by atoms with Gasteiger partial charge in [0, 0.05) is 5.69 Å². The number of benzene rings is 1. The summed E-state index contributed by atoms with van der Waals surface area (Å²) in [5.74, 6) is -0.0547. The van der Waals surface area contributed by atoms with Crippen LogP contribution in [0.4, 0.5) is 5.69 Å². The lowest BCUT2D eigenvalue weighted by molar-refractivity contribution is -0.118. The highest BCUT2D eigenvalue weighted by Gasteiger charge is 2.20. The highest BCUT2D eigenvalue weighted by molar-refractivity contribution is 6.31. The molecule has 0 aliphatic carbocycles. The fourth-order valence-electron chi connectivity index (χ4n) is 1.99. The largest absolute Gasteiger partial charge is 0.325 e. The Bertz CT molecular complexity index is 489. The summed E-state index contributed by atoms with van der Waals surface area (Å²) in [5.41, 5.74) is 0.972. The standard InChI is InChI=1S/C13H14ClN3O/c14-11-5-4-10(7-9(11)8-15)17-13(18)12-3-1-2-6-16-12/h4-5,7,12,16H,1-3,6H2,(H,17,18). The molecule has 4 nitrogen and oxygen atoms in total. The van der Waals surface area contributed by atoms with Crippen molar-refractivity contribution < 1.29 is 4.79 Å². The summed E-state index contributed by atoms with van der Waals surface area (Å²) >= 11 is 5.83. The number of amides is 1.